The van der Waals surface area contributed by atoms with Gasteiger partial charge in [0.15, 0.2) is 5.82 Å². The zero-order valence-electron chi connectivity index (χ0n) is 12.5. The second-order valence-electron chi connectivity index (χ2n) is 6.53. The standard InChI is InChI=1S/C15H22N4O2/c1-15(2,20)12-5-3-11(4-6-12)14-18-13(19-21-14)7-10-8-16-17-9-10/h8-9,11-12,20H,3-7H2,1-2H3,(H,16,17). The lowest BCUT2D eigenvalue weighted by Crippen LogP contribution is -2.33. The van der Waals surface area contributed by atoms with E-state index in [1.807, 2.05) is 20.0 Å². The SMILES string of the molecule is CC(C)(O)C1CCC(c2nc(Cc3cn[nH]c3)no2)CC1. The van der Waals surface area contributed by atoms with Crippen LogP contribution >= 0.6 is 0 Å². The maximum atomic E-state index is 10.1. The molecule has 2 N–H and O–H groups in total. The van der Waals surface area contributed by atoms with Gasteiger partial charge in [-0.2, -0.15) is 10.1 Å². The summed E-state index contributed by atoms with van der Waals surface area (Å²) >= 11 is 0. The van der Waals surface area contributed by atoms with Gasteiger partial charge in [-0.15, -0.1) is 0 Å². The van der Waals surface area contributed by atoms with E-state index in [0.29, 0.717) is 24.1 Å². The monoisotopic (exact) mass is 290 g/mol. The first-order valence-electron chi connectivity index (χ1n) is 7.55. The van der Waals surface area contributed by atoms with Crippen LogP contribution in [0.4, 0.5) is 0 Å². The second-order valence-corrected chi connectivity index (χ2v) is 6.53. The molecule has 0 atom stereocenters. The normalized spacial score (nSPS) is 23.4. The van der Waals surface area contributed by atoms with E-state index in [1.54, 1.807) is 6.20 Å². The molecule has 114 valence electrons. The number of nitrogens with zero attached hydrogens (tertiary/aromatic N) is 3. The molecule has 6 nitrogen and oxygen atoms in total. The lowest BCUT2D eigenvalue weighted by Gasteiger charge is -2.34. The Morgan fingerprint density at radius 3 is 2.71 bits per heavy atom. The maximum absolute atomic E-state index is 10.1. The van der Waals surface area contributed by atoms with Crippen LogP contribution in [-0.4, -0.2) is 31.0 Å². The zero-order chi connectivity index (χ0) is 14.9. The Labute approximate surface area is 124 Å². The lowest BCUT2D eigenvalue weighted by molar-refractivity contribution is -0.00285. The minimum Gasteiger partial charge on any atom is -0.390 e. The summed E-state index contributed by atoms with van der Waals surface area (Å²) in [6.07, 6.45) is 8.26. The van der Waals surface area contributed by atoms with Crippen LogP contribution in [-0.2, 0) is 6.42 Å². The molecule has 0 spiro atoms. The summed E-state index contributed by atoms with van der Waals surface area (Å²) < 4.78 is 5.42. The van der Waals surface area contributed by atoms with Crippen LogP contribution in [0.3, 0.4) is 0 Å². The Balaban J connectivity index is 1.60. The molecule has 0 unspecified atom stereocenters. The predicted molar refractivity (Wildman–Crippen MR) is 76.7 cm³/mol. The molecule has 1 fully saturated rings. The van der Waals surface area contributed by atoms with Gasteiger partial charge in [0.2, 0.25) is 5.89 Å². The van der Waals surface area contributed by atoms with Crippen LogP contribution in [0, 0.1) is 5.92 Å². The van der Waals surface area contributed by atoms with E-state index in [1.165, 1.54) is 0 Å². The van der Waals surface area contributed by atoms with Crippen LogP contribution in [0.2, 0.25) is 0 Å². The fourth-order valence-corrected chi connectivity index (χ4v) is 3.11. The van der Waals surface area contributed by atoms with Crippen molar-refractivity contribution in [3.8, 4) is 0 Å². The second kappa shape index (κ2) is 5.60. The van der Waals surface area contributed by atoms with Crippen LogP contribution in [0.5, 0.6) is 0 Å². The topological polar surface area (TPSA) is 87.8 Å². The summed E-state index contributed by atoms with van der Waals surface area (Å²) in [5.41, 5.74) is 0.458. The minimum absolute atomic E-state index is 0.328. The Bertz CT molecular complexity index is 563. The molecule has 0 aliphatic heterocycles. The molecule has 0 saturated heterocycles. The van der Waals surface area contributed by atoms with Crippen LogP contribution in [0.1, 0.15) is 62.7 Å². The molecule has 1 aliphatic rings. The molecule has 2 heterocycles. The van der Waals surface area contributed by atoms with Gasteiger partial charge in [0.25, 0.3) is 0 Å². The molecule has 1 aliphatic carbocycles. The number of hydrogen-bond donors (Lipinski definition) is 2. The first kappa shape index (κ1) is 14.3. The zero-order valence-corrected chi connectivity index (χ0v) is 12.5. The Morgan fingerprint density at radius 1 is 1.33 bits per heavy atom. The maximum Gasteiger partial charge on any atom is 0.229 e. The summed E-state index contributed by atoms with van der Waals surface area (Å²) in [5, 5.41) is 20.8. The first-order valence-corrected chi connectivity index (χ1v) is 7.55. The Hall–Kier alpha value is -1.69. The number of aromatic amines is 1. The van der Waals surface area contributed by atoms with Crippen molar-refractivity contribution in [3.05, 3.63) is 29.7 Å². The van der Waals surface area contributed by atoms with Gasteiger partial charge in [-0.1, -0.05) is 5.16 Å². The number of H-pyrrole nitrogens is 1. The van der Waals surface area contributed by atoms with Gasteiger partial charge in [-0.3, -0.25) is 5.10 Å². The summed E-state index contributed by atoms with van der Waals surface area (Å²) in [5.74, 6) is 2.13. The molecule has 1 saturated carbocycles. The Morgan fingerprint density at radius 2 is 2.10 bits per heavy atom. The minimum atomic E-state index is -0.591. The summed E-state index contributed by atoms with van der Waals surface area (Å²) in [6.45, 7) is 3.79. The number of rotatable bonds is 4. The highest BCUT2D eigenvalue weighted by molar-refractivity contribution is 5.10. The third-order valence-electron chi connectivity index (χ3n) is 4.48. The quantitative estimate of drug-likeness (QED) is 0.903. The highest BCUT2D eigenvalue weighted by Gasteiger charge is 2.33. The van der Waals surface area contributed by atoms with Gasteiger partial charge in [0.1, 0.15) is 0 Å². The van der Waals surface area contributed by atoms with Crippen molar-refractivity contribution in [1.29, 1.82) is 0 Å². The third-order valence-corrected chi connectivity index (χ3v) is 4.48. The van der Waals surface area contributed by atoms with Gasteiger partial charge in [-0.25, -0.2) is 0 Å². The van der Waals surface area contributed by atoms with Gasteiger partial charge >= 0.3 is 0 Å². The molecule has 6 heteroatoms. The molecule has 2 aromatic heterocycles. The van der Waals surface area contributed by atoms with Crippen molar-refractivity contribution < 1.29 is 9.63 Å². The largest absolute Gasteiger partial charge is 0.390 e. The van der Waals surface area contributed by atoms with Crippen molar-refractivity contribution >= 4 is 0 Å². The highest BCUT2D eigenvalue weighted by Crippen LogP contribution is 2.39. The Kier molecular flexibility index (Phi) is 3.80. The smallest absolute Gasteiger partial charge is 0.229 e. The molecule has 0 amide bonds. The number of aliphatic hydroxyl groups is 1. The number of nitrogens with one attached hydrogen (secondary N) is 1. The molecule has 0 radical (unpaired) electrons. The first-order chi connectivity index (χ1) is 10.0. The molecule has 21 heavy (non-hydrogen) atoms. The fourth-order valence-electron chi connectivity index (χ4n) is 3.11. The van der Waals surface area contributed by atoms with Crippen molar-refractivity contribution in [3.63, 3.8) is 0 Å². The average molecular weight is 290 g/mol. The van der Waals surface area contributed by atoms with E-state index in [9.17, 15) is 5.11 Å². The lowest BCUT2D eigenvalue weighted by atomic mass is 9.75. The molecule has 0 bridgehead atoms. The average Bonchev–Trinajstić information content (AvgIpc) is 3.10. The summed E-state index contributed by atoms with van der Waals surface area (Å²) in [7, 11) is 0. The van der Waals surface area contributed by atoms with Gasteiger partial charge in [0.05, 0.1) is 11.8 Å². The number of aromatic nitrogens is 4. The van der Waals surface area contributed by atoms with Gasteiger partial charge in [-0.05, 0) is 51.0 Å². The van der Waals surface area contributed by atoms with Crippen molar-refractivity contribution in [1.82, 2.24) is 20.3 Å². The summed E-state index contributed by atoms with van der Waals surface area (Å²) in [4.78, 5) is 4.51. The summed E-state index contributed by atoms with van der Waals surface area (Å²) in [6, 6.07) is 0. The molecule has 2 aromatic rings. The molecular formula is C15H22N4O2. The third kappa shape index (κ3) is 3.32. The highest BCUT2D eigenvalue weighted by atomic mass is 16.5. The molecule has 3 rings (SSSR count). The number of hydrogen-bond acceptors (Lipinski definition) is 5. The van der Waals surface area contributed by atoms with Crippen molar-refractivity contribution in [2.24, 2.45) is 5.92 Å². The van der Waals surface area contributed by atoms with Crippen molar-refractivity contribution in [2.45, 2.75) is 57.5 Å². The van der Waals surface area contributed by atoms with Gasteiger partial charge in [0, 0.05) is 18.5 Å². The van der Waals surface area contributed by atoms with E-state index in [0.717, 1.165) is 37.1 Å². The van der Waals surface area contributed by atoms with Crippen LogP contribution in [0.15, 0.2) is 16.9 Å². The van der Waals surface area contributed by atoms with E-state index < -0.39 is 5.60 Å². The molecular weight excluding hydrogens is 268 g/mol. The predicted octanol–water partition coefficient (Wildman–Crippen LogP) is 2.43. The van der Waals surface area contributed by atoms with Crippen LogP contribution in [0.25, 0.3) is 0 Å². The van der Waals surface area contributed by atoms with Crippen LogP contribution < -0.4 is 0 Å². The van der Waals surface area contributed by atoms with E-state index in [4.69, 9.17) is 4.52 Å². The van der Waals surface area contributed by atoms with E-state index >= 15 is 0 Å². The van der Waals surface area contributed by atoms with Crippen molar-refractivity contribution in [2.75, 3.05) is 0 Å². The fraction of sp³-hybridized carbons (Fsp3) is 0.667. The van der Waals surface area contributed by atoms with E-state index in [-0.39, 0.29) is 0 Å². The van der Waals surface area contributed by atoms with E-state index in [2.05, 4.69) is 20.3 Å². The van der Waals surface area contributed by atoms with Gasteiger partial charge < -0.3 is 9.63 Å². The molecule has 0 aromatic carbocycles.